The van der Waals surface area contributed by atoms with Crippen LogP contribution in [-0.4, -0.2) is 37.8 Å². The minimum Gasteiger partial charge on any atom is -0.481 e. The zero-order valence-corrected chi connectivity index (χ0v) is 8.50. The average Bonchev–Trinajstić information content (AvgIpc) is 2.00. The van der Waals surface area contributed by atoms with Gasteiger partial charge in [-0.15, -0.1) is 0 Å². The Bertz CT molecular complexity index is 256. The fraction of sp³-hybridized carbons (Fsp3) is 0.857. The first-order chi connectivity index (χ1) is 5.89. The van der Waals surface area contributed by atoms with E-state index in [-0.39, 0.29) is 5.75 Å². The van der Waals surface area contributed by atoms with Crippen molar-refractivity contribution in [3.05, 3.63) is 0 Å². The first-order valence-corrected chi connectivity index (χ1v) is 5.72. The molecule has 78 valence electrons. The zero-order valence-electron chi connectivity index (χ0n) is 7.69. The van der Waals surface area contributed by atoms with Gasteiger partial charge in [-0.25, -0.2) is 8.42 Å². The van der Waals surface area contributed by atoms with Gasteiger partial charge in [0, 0.05) is 6.61 Å². The van der Waals surface area contributed by atoms with Gasteiger partial charge in [-0.3, -0.25) is 4.79 Å². The lowest BCUT2D eigenvalue weighted by Crippen LogP contribution is -2.23. The van der Waals surface area contributed by atoms with E-state index in [2.05, 4.69) is 0 Å². The molecule has 0 radical (unpaired) electrons. The number of rotatable bonds is 6. The summed E-state index contributed by atoms with van der Waals surface area (Å²) in [5, 5.41) is 8.47. The first kappa shape index (κ1) is 12.4. The van der Waals surface area contributed by atoms with Crippen LogP contribution in [0.25, 0.3) is 0 Å². The highest BCUT2D eigenvalue weighted by molar-refractivity contribution is 7.91. The molecule has 0 aliphatic heterocycles. The molecule has 0 saturated carbocycles. The van der Waals surface area contributed by atoms with E-state index in [1.807, 2.05) is 0 Å². The number of carboxylic acids is 1. The minimum atomic E-state index is -3.39. The predicted octanol–water partition coefficient (Wildman–Crippen LogP) is 0.116. The van der Waals surface area contributed by atoms with Gasteiger partial charge in [0.15, 0.2) is 9.84 Å². The topological polar surface area (TPSA) is 80.7 Å². The van der Waals surface area contributed by atoms with Crippen LogP contribution in [0, 0.1) is 5.92 Å². The van der Waals surface area contributed by atoms with E-state index in [1.165, 1.54) is 6.92 Å². The van der Waals surface area contributed by atoms with E-state index >= 15 is 0 Å². The van der Waals surface area contributed by atoms with Crippen LogP contribution in [0.1, 0.15) is 13.8 Å². The van der Waals surface area contributed by atoms with Crippen molar-refractivity contribution in [3.63, 3.8) is 0 Å². The Labute approximate surface area is 77.6 Å². The summed E-state index contributed by atoms with van der Waals surface area (Å²) < 4.78 is 26.9. The molecule has 13 heavy (non-hydrogen) atoms. The molecule has 0 aromatic rings. The van der Waals surface area contributed by atoms with E-state index in [1.54, 1.807) is 6.92 Å². The Morgan fingerprint density at radius 1 is 1.54 bits per heavy atom. The summed E-state index contributed by atoms with van der Waals surface area (Å²) in [6, 6.07) is 0. The van der Waals surface area contributed by atoms with Crippen molar-refractivity contribution in [1.29, 1.82) is 0 Å². The summed E-state index contributed by atoms with van der Waals surface area (Å²) in [6.45, 7) is 3.34. The molecule has 1 N–H and O–H groups in total. The van der Waals surface area contributed by atoms with Crippen LogP contribution >= 0.6 is 0 Å². The highest BCUT2D eigenvalue weighted by atomic mass is 32.2. The maximum Gasteiger partial charge on any atom is 0.307 e. The molecule has 0 aromatic heterocycles. The van der Waals surface area contributed by atoms with Crippen molar-refractivity contribution in [2.24, 2.45) is 5.92 Å². The molecular weight excluding hydrogens is 196 g/mol. The molecule has 0 rings (SSSR count). The number of aliphatic carboxylic acids is 1. The maximum atomic E-state index is 11.1. The first-order valence-electron chi connectivity index (χ1n) is 3.90. The minimum absolute atomic E-state index is 0.306. The number of carbonyl (C=O) groups is 1. The van der Waals surface area contributed by atoms with Gasteiger partial charge < -0.3 is 9.84 Å². The number of hydrogen-bond acceptors (Lipinski definition) is 4. The van der Waals surface area contributed by atoms with Gasteiger partial charge >= 0.3 is 5.97 Å². The monoisotopic (exact) mass is 210 g/mol. The fourth-order valence-electron chi connectivity index (χ4n) is 0.711. The number of sulfone groups is 1. The molecule has 0 aliphatic rings. The van der Waals surface area contributed by atoms with Crippen LogP contribution in [0.5, 0.6) is 0 Å². The zero-order chi connectivity index (χ0) is 10.5. The normalized spacial score (nSPS) is 14.0. The molecule has 0 fully saturated rings. The Kier molecular flexibility index (Phi) is 4.94. The third-order valence-corrected chi connectivity index (χ3v) is 2.93. The van der Waals surface area contributed by atoms with Gasteiger partial charge in [0.25, 0.3) is 0 Å². The molecule has 1 unspecified atom stereocenters. The van der Waals surface area contributed by atoms with Crippen LogP contribution in [-0.2, 0) is 19.4 Å². The molecule has 0 aromatic carbocycles. The van der Waals surface area contributed by atoms with E-state index in [0.29, 0.717) is 6.61 Å². The quantitative estimate of drug-likeness (QED) is 0.673. The second-order valence-corrected chi connectivity index (χ2v) is 4.82. The fourth-order valence-corrected chi connectivity index (χ4v) is 2.13. The van der Waals surface area contributed by atoms with Gasteiger partial charge in [0.05, 0.1) is 11.7 Å². The van der Waals surface area contributed by atoms with Gasteiger partial charge in [-0.1, -0.05) is 6.92 Å². The van der Waals surface area contributed by atoms with Gasteiger partial charge in [0.2, 0.25) is 0 Å². The van der Waals surface area contributed by atoms with Gasteiger partial charge in [0.1, 0.15) is 5.94 Å². The van der Waals surface area contributed by atoms with Crippen LogP contribution in [0.4, 0.5) is 0 Å². The summed E-state index contributed by atoms with van der Waals surface area (Å²) in [7, 11) is -3.39. The molecule has 1 atom stereocenters. The van der Waals surface area contributed by atoms with Gasteiger partial charge in [-0.2, -0.15) is 0 Å². The number of carboxylic acid groups (broad SMARTS) is 1. The van der Waals surface area contributed by atoms with Crippen LogP contribution in [0.15, 0.2) is 0 Å². The molecular formula is C7H14O5S. The van der Waals surface area contributed by atoms with Crippen molar-refractivity contribution in [2.45, 2.75) is 13.8 Å². The third kappa shape index (κ3) is 5.59. The number of hydrogen-bond donors (Lipinski definition) is 1. The lowest BCUT2D eigenvalue weighted by Gasteiger charge is -2.06. The molecule has 6 heteroatoms. The Morgan fingerprint density at radius 3 is 2.46 bits per heavy atom. The average molecular weight is 210 g/mol. The number of ether oxygens (including phenoxy) is 1. The van der Waals surface area contributed by atoms with Crippen molar-refractivity contribution in [2.75, 3.05) is 18.3 Å². The van der Waals surface area contributed by atoms with E-state index < -0.39 is 27.7 Å². The Morgan fingerprint density at radius 2 is 2.08 bits per heavy atom. The highest BCUT2D eigenvalue weighted by Crippen LogP contribution is 2.02. The summed E-state index contributed by atoms with van der Waals surface area (Å²) in [6.07, 6.45) is 0. The molecule has 0 aliphatic carbocycles. The molecule has 0 spiro atoms. The predicted molar refractivity (Wildman–Crippen MR) is 47.1 cm³/mol. The van der Waals surface area contributed by atoms with E-state index in [4.69, 9.17) is 9.84 Å². The van der Waals surface area contributed by atoms with E-state index in [0.717, 1.165) is 0 Å². The summed E-state index contributed by atoms with van der Waals surface area (Å²) in [5.41, 5.74) is 0. The van der Waals surface area contributed by atoms with Crippen molar-refractivity contribution >= 4 is 15.8 Å². The van der Waals surface area contributed by atoms with Gasteiger partial charge in [-0.05, 0) is 6.92 Å². The van der Waals surface area contributed by atoms with Crippen molar-refractivity contribution < 1.29 is 23.1 Å². The molecule has 5 nitrogen and oxygen atoms in total. The Balaban J connectivity index is 4.10. The molecule has 0 amide bonds. The van der Waals surface area contributed by atoms with Crippen molar-refractivity contribution in [1.82, 2.24) is 0 Å². The largest absolute Gasteiger partial charge is 0.481 e. The smallest absolute Gasteiger partial charge is 0.307 e. The molecule has 0 heterocycles. The maximum absolute atomic E-state index is 11.1. The standard InChI is InChI=1S/C7H14O5S/c1-3-12-5-13(10,11)4-6(2)7(8)9/h6H,3-5H2,1-2H3,(H,8,9). The second-order valence-electron chi connectivity index (χ2n) is 2.76. The van der Waals surface area contributed by atoms with Crippen LogP contribution < -0.4 is 0 Å². The lowest BCUT2D eigenvalue weighted by molar-refractivity contribution is -0.140. The molecule has 0 bridgehead atoms. The molecule has 0 saturated heterocycles. The third-order valence-electron chi connectivity index (χ3n) is 1.39. The van der Waals surface area contributed by atoms with Crippen LogP contribution in [0.3, 0.4) is 0 Å². The summed E-state index contributed by atoms with van der Waals surface area (Å²) in [5.74, 6) is -2.77. The van der Waals surface area contributed by atoms with Crippen molar-refractivity contribution in [3.8, 4) is 0 Å². The SMILES string of the molecule is CCOCS(=O)(=O)CC(C)C(=O)O. The highest BCUT2D eigenvalue weighted by Gasteiger charge is 2.20. The summed E-state index contributed by atoms with van der Waals surface area (Å²) >= 11 is 0. The lowest BCUT2D eigenvalue weighted by atomic mass is 10.2. The summed E-state index contributed by atoms with van der Waals surface area (Å²) in [4.78, 5) is 10.3. The Hall–Kier alpha value is -0.620. The second kappa shape index (κ2) is 5.18. The van der Waals surface area contributed by atoms with Crippen LogP contribution in [0.2, 0.25) is 0 Å². The van der Waals surface area contributed by atoms with E-state index in [9.17, 15) is 13.2 Å².